The molecule has 0 aliphatic heterocycles. The van der Waals surface area contributed by atoms with E-state index in [9.17, 15) is 9.18 Å². The minimum Gasteiger partial charge on any atom is -0.322 e. The van der Waals surface area contributed by atoms with Gasteiger partial charge in [0.1, 0.15) is 5.82 Å². The molecule has 0 aliphatic rings. The van der Waals surface area contributed by atoms with E-state index in [1.165, 1.54) is 6.07 Å². The fourth-order valence-electron chi connectivity index (χ4n) is 1.75. The summed E-state index contributed by atoms with van der Waals surface area (Å²) in [6.45, 7) is 1.63. The number of carbonyl (C=O) groups excluding carboxylic acids is 1. The van der Waals surface area contributed by atoms with E-state index in [0.717, 1.165) is 5.56 Å². The first-order chi connectivity index (χ1) is 9.11. The third-order valence-electron chi connectivity index (χ3n) is 2.78. The molecule has 0 saturated heterocycles. The van der Waals surface area contributed by atoms with E-state index in [0.29, 0.717) is 17.1 Å². The molecule has 0 spiro atoms. The number of nitrogens with one attached hydrogen (secondary N) is 1. The van der Waals surface area contributed by atoms with Crippen molar-refractivity contribution in [2.45, 2.75) is 12.8 Å². The van der Waals surface area contributed by atoms with Gasteiger partial charge in [-0.15, -0.1) is 11.6 Å². The molecule has 0 saturated carbocycles. The Balaban J connectivity index is 2.23. The standard InChI is InChI=1S/C15H13ClFNO/c1-10-4-2-7-13(14(10)17)15(19)18-12-6-3-5-11(8-12)9-16/h2-8H,9H2,1H3,(H,18,19). The maximum atomic E-state index is 13.8. The van der Waals surface area contributed by atoms with Crippen molar-refractivity contribution in [1.82, 2.24) is 0 Å². The molecule has 0 unspecified atom stereocenters. The Morgan fingerprint density at radius 3 is 2.74 bits per heavy atom. The van der Waals surface area contributed by atoms with Crippen molar-refractivity contribution in [3.05, 3.63) is 65.0 Å². The van der Waals surface area contributed by atoms with Gasteiger partial charge in [0, 0.05) is 11.6 Å². The van der Waals surface area contributed by atoms with Crippen LogP contribution in [0.5, 0.6) is 0 Å². The summed E-state index contributed by atoms with van der Waals surface area (Å²) < 4.78 is 13.8. The lowest BCUT2D eigenvalue weighted by Crippen LogP contribution is -2.14. The zero-order valence-corrected chi connectivity index (χ0v) is 11.2. The minimum atomic E-state index is -0.492. The molecule has 2 aromatic rings. The van der Waals surface area contributed by atoms with Gasteiger partial charge < -0.3 is 5.32 Å². The third kappa shape index (κ3) is 3.12. The lowest BCUT2D eigenvalue weighted by atomic mass is 10.1. The Bertz CT molecular complexity index is 613. The number of rotatable bonds is 3. The van der Waals surface area contributed by atoms with Crippen molar-refractivity contribution in [2.24, 2.45) is 0 Å². The van der Waals surface area contributed by atoms with Crippen LogP contribution in [0.3, 0.4) is 0 Å². The number of hydrogen-bond acceptors (Lipinski definition) is 1. The van der Waals surface area contributed by atoms with Crippen molar-refractivity contribution >= 4 is 23.2 Å². The number of anilines is 1. The van der Waals surface area contributed by atoms with E-state index < -0.39 is 11.7 Å². The molecule has 0 heterocycles. The van der Waals surface area contributed by atoms with Crippen LogP contribution < -0.4 is 5.32 Å². The highest BCUT2D eigenvalue weighted by Gasteiger charge is 2.13. The average Bonchev–Trinajstić information content (AvgIpc) is 2.42. The Morgan fingerprint density at radius 1 is 1.26 bits per heavy atom. The van der Waals surface area contributed by atoms with Crippen molar-refractivity contribution < 1.29 is 9.18 Å². The van der Waals surface area contributed by atoms with Crippen LogP contribution in [-0.4, -0.2) is 5.91 Å². The topological polar surface area (TPSA) is 29.1 Å². The maximum Gasteiger partial charge on any atom is 0.258 e. The largest absolute Gasteiger partial charge is 0.322 e. The fourth-order valence-corrected chi connectivity index (χ4v) is 1.92. The molecule has 0 atom stereocenters. The summed E-state index contributed by atoms with van der Waals surface area (Å²) >= 11 is 5.73. The number of carbonyl (C=O) groups is 1. The molecule has 2 nitrogen and oxygen atoms in total. The smallest absolute Gasteiger partial charge is 0.258 e. The third-order valence-corrected chi connectivity index (χ3v) is 3.08. The SMILES string of the molecule is Cc1cccc(C(=O)Nc2cccc(CCl)c2)c1F. The molecule has 2 aromatic carbocycles. The monoisotopic (exact) mass is 277 g/mol. The Labute approximate surface area is 116 Å². The first-order valence-corrected chi connectivity index (χ1v) is 6.36. The number of halogens is 2. The highest BCUT2D eigenvalue weighted by Crippen LogP contribution is 2.16. The van der Waals surface area contributed by atoms with Crippen molar-refractivity contribution in [3.8, 4) is 0 Å². The van der Waals surface area contributed by atoms with Gasteiger partial charge in [-0.2, -0.15) is 0 Å². The molecule has 0 bridgehead atoms. The van der Waals surface area contributed by atoms with Gasteiger partial charge in [-0.05, 0) is 36.2 Å². The summed E-state index contributed by atoms with van der Waals surface area (Å²) in [6, 6.07) is 11.9. The van der Waals surface area contributed by atoms with Gasteiger partial charge in [0.05, 0.1) is 5.56 Å². The second kappa shape index (κ2) is 5.85. The van der Waals surface area contributed by atoms with Gasteiger partial charge in [-0.3, -0.25) is 4.79 Å². The molecule has 0 radical (unpaired) electrons. The van der Waals surface area contributed by atoms with E-state index in [1.54, 1.807) is 37.3 Å². The average molecular weight is 278 g/mol. The summed E-state index contributed by atoms with van der Waals surface area (Å²) in [6.07, 6.45) is 0. The normalized spacial score (nSPS) is 10.3. The van der Waals surface area contributed by atoms with Crippen LogP contribution in [0.4, 0.5) is 10.1 Å². The fraction of sp³-hybridized carbons (Fsp3) is 0.133. The molecule has 0 aliphatic carbocycles. The summed E-state index contributed by atoms with van der Waals surface area (Å²) in [5.74, 6) is -0.593. The van der Waals surface area contributed by atoms with Gasteiger partial charge in [0.15, 0.2) is 0 Å². The molecular weight excluding hydrogens is 265 g/mol. The summed E-state index contributed by atoms with van der Waals surface area (Å²) in [7, 11) is 0. The maximum absolute atomic E-state index is 13.8. The van der Waals surface area contributed by atoms with Crippen molar-refractivity contribution in [2.75, 3.05) is 5.32 Å². The lowest BCUT2D eigenvalue weighted by Gasteiger charge is -2.08. The predicted octanol–water partition coefficient (Wildman–Crippen LogP) is 4.13. The second-order valence-electron chi connectivity index (χ2n) is 4.22. The van der Waals surface area contributed by atoms with Gasteiger partial charge in [0.25, 0.3) is 5.91 Å². The van der Waals surface area contributed by atoms with Crippen LogP contribution in [0.1, 0.15) is 21.5 Å². The molecule has 1 amide bonds. The lowest BCUT2D eigenvalue weighted by molar-refractivity contribution is 0.102. The van der Waals surface area contributed by atoms with Crippen LogP contribution in [0, 0.1) is 12.7 Å². The molecule has 0 aromatic heterocycles. The summed E-state index contributed by atoms with van der Waals surface area (Å²) in [5, 5.41) is 2.66. The minimum absolute atomic E-state index is 0.0382. The first-order valence-electron chi connectivity index (χ1n) is 5.83. The molecule has 98 valence electrons. The molecule has 0 fully saturated rings. The van der Waals surface area contributed by atoms with Crippen molar-refractivity contribution in [3.63, 3.8) is 0 Å². The number of aryl methyl sites for hydroxylation is 1. The zero-order chi connectivity index (χ0) is 13.8. The summed E-state index contributed by atoms with van der Waals surface area (Å²) in [5.41, 5.74) is 1.98. The van der Waals surface area contributed by atoms with Crippen LogP contribution in [0.25, 0.3) is 0 Å². The van der Waals surface area contributed by atoms with Crippen LogP contribution >= 0.6 is 11.6 Å². The van der Waals surface area contributed by atoms with E-state index in [1.807, 2.05) is 6.07 Å². The highest BCUT2D eigenvalue weighted by atomic mass is 35.5. The van der Waals surface area contributed by atoms with Gasteiger partial charge >= 0.3 is 0 Å². The summed E-state index contributed by atoms with van der Waals surface area (Å²) in [4.78, 5) is 12.0. The van der Waals surface area contributed by atoms with Crippen LogP contribution in [0.2, 0.25) is 0 Å². The molecule has 4 heteroatoms. The second-order valence-corrected chi connectivity index (χ2v) is 4.49. The highest BCUT2D eigenvalue weighted by molar-refractivity contribution is 6.17. The number of amides is 1. The van der Waals surface area contributed by atoms with Gasteiger partial charge in [-0.1, -0.05) is 24.3 Å². The van der Waals surface area contributed by atoms with E-state index >= 15 is 0 Å². The Kier molecular flexibility index (Phi) is 4.17. The van der Waals surface area contributed by atoms with E-state index in [2.05, 4.69) is 5.32 Å². The molecule has 2 rings (SSSR count). The van der Waals surface area contributed by atoms with Gasteiger partial charge in [-0.25, -0.2) is 4.39 Å². The molecule has 1 N–H and O–H groups in total. The van der Waals surface area contributed by atoms with Gasteiger partial charge in [0.2, 0.25) is 0 Å². The van der Waals surface area contributed by atoms with Crippen LogP contribution in [-0.2, 0) is 5.88 Å². The van der Waals surface area contributed by atoms with Crippen LogP contribution in [0.15, 0.2) is 42.5 Å². The van der Waals surface area contributed by atoms with E-state index in [4.69, 9.17) is 11.6 Å². The number of hydrogen-bond donors (Lipinski definition) is 1. The Morgan fingerprint density at radius 2 is 2.00 bits per heavy atom. The first kappa shape index (κ1) is 13.6. The zero-order valence-electron chi connectivity index (χ0n) is 10.4. The predicted molar refractivity (Wildman–Crippen MR) is 75.1 cm³/mol. The number of benzene rings is 2. The Hall–Kier alpha value is -1.87. The number of alkyl halides is 1. The molecular formula is C15H13ClFNO. The molecule has 19 heavy (non-hydrogen) atoms. The van der Waals surface area contributed by atoms with E-state index in [-0.39, 0.29) is 5.56 Å². The quantitative estimate of drug-likeness (QED) is 0.840. The van der Waals surface area contributed by atoms with Crippen molar-refractivity contribution in [1.29, 1.82) is 0 Å².